The van der Waals surface area contributed by atoms with E-state index in [0.29, 0.717) is 6.54 Å². The molecule has 0 amide bonds. The molecule has 3 nitrogen and oxygen atoms in total. The zero-order valence-corrected chi connectivity index (χ0v) is 15.5. The van der Waals surface area contributed by atoms with Crippen LogP contribution in [0.2, 0.25) is 0 Å². The zero-order chi connectivity index (χ0) is 16.9. The second-order valence-corrected chi connectivity index (χ2v) is 8.16. The molecule has 1 atom stereocenters. The summed E-state index contributed by atoms with van der Waals surface area (Å²) in [7, 11) is 0. The van der Waals surface area contributed by atoms with Gasteiger partial charge in [-0.05, 0) is 61.2 Å². The van der Waals surface area contributed by atoms with E-state index in [4.69, 9.17) is 0 Å². The normalized spacial score (nSPS) is 19.5. The van der Waals surface area contributed by atoms with Crippen LogP contribution in [0.15, 0.2) is 35.0 Å². The number of carboxylic acid groups (broad SMARTS) is 1. The molecule has 24 heavy (non-hydrogen) atoms. The Morgan fingerprint density at radius 2 is 2.25 bits per heavy atom. The first kappa shape index (κ1) is 17.4. The number of likely N-dealkylation sites (tertiary alicyclic amines) is 1. The fourth-order valence-electron chi connectivity index (χ4n) is 3.24. The third-order valence-corrected chi connectivity index (χ3v) is 6.49. The number of carbonyl (C=O) groups is 1. The minimum Gasteiger partial charge on any atom is -0.481 e. The van der Waals surface area contributed by atoms with E-state index in [2.05, 4.69) is 46.9 Å². The van der Waals surface area contributed by atoms with Crippen molar-refractivity contribution < 1.29 is 9.90 Å². The van der Waals surface area contributed by atoms with Gasteiger partial charge in [0.2, 0.25) is 0 Å². The predicted molar refractivity (Wildman–Crippen MR) is 102 cm³/mol. The Labute approximate surface area is 151 Å². The molecule has 0 unspecified atom stereocenters. The van der Waals surface area contributed by atoms with Crippen LogP contribution in [0.4, 0.5) is 0 Å². The van der Waals surface area contributed by atoms with Crippen molar-refractivity contribution in [2.24, 2.45) is 5.92 Å². The molecule has 1 N–H and O–H groups in total. The van der Waals surface area contributed by atoms with Gasteiger partial charge in [-0.25, -0.2) is 0 Å². The number of aliphatic carboxylic acids is 1. The molecule has 128 valence electrons. The maximum absolute atomic E-state index is 11.2. The van der Waals surface area contributed by atoms with Crippen LogP contribution in [0, 0.1) is 12.8 Å². The molecule has 1 aliphatic rings. The maximum atomic E-state index is 11.2. The Balaban J connectivity index is 1.68. The van der Waals surface area contributed by atoms with E-state index in [0.717, 1.165) is 32.4 Å². The highest BCUT2D eigenvalue weighted by Crippen LogP contribution is 2.33. The third-order valence-electron chi connectivity index (χ3n) is 4.54. The van der Waals surface area contributed by atoms with Gasteiger partial charge < -0.3 is 10.0 Å². The Morgan fingerprint density at radius 3 is 2.92 bits per heavy atom. The van der Waals surface area contributed by atoms with Gasteiger partial charge >= 0.3 is 5.97 Å². The van der Waals surface area contributed by atoms with E-state index in [9.17, 15) is 9.90 Å². The lowest BCUT2D eigenvalue weighted by Gasteiger charge is -2.30. The molecular weight excluding hydrogens is 338 g/mol. The van der Waals surface area contributed by atoms with Crippen LogP contribution in [-0.4, -0.2) is 35.6 Å². The Kier molecular flexibility index (Phi) is 5.87. The zero-order valence-electron chi connectivity index (χ0n) is 13.9. The molecule has 1 aliphatic heterocycles. The molecule has 1 fully saturated rings. The Bertz CT molecular complexity index is 703. The average Bonchev–Trinajstić information content (AvgIpc) is 3.24. The molecule has 3 rings (SSSR count). The van der Waals surface area contributed by atoms with Gasteiger partial charge in [-0.3, -0.25) is 4.79 Å². The molecule has 3 heterocycles. The van der Waals surface area contributed by atoms with Crippen LogP contribution in [0.5, 0.6) is 0 Å². The van der Waals surface area contributed by atoms with Crippen molar-refractivity contribution >= 4 is 34.2 Å². The van der Waals surface area contributed by atoms with E-state index in [1.165, 1.54) is 20.9 Å². The largest absolute Gasteiger partial charge is 0.481 e. The summed E-state index contributed by atoms with van der Waals surface area (Å²) in [5.74, 6) is -0.845. The maximum Gasteiger partial charge on any atom is 0.307 e. The minimum atomic E-state index is -0.649. The third kappa shape index (κ3) is 4.15. The highest BCUT2D eigenvalue weighted by molar-refractivity contribution is 7.13. The van der Waals surface area contributed by atoms with Gasteiger partial charge in [-0.2, -0.15) is 0 Å². The molecule has 2 aromatic rings. The Morgan fingerprint density at radius 1 is 1.38 bits per heavy atom. The molecule has 0 saturated carbocycles. The first-order valence-electron chi connectivity index (χ1n) is 8.39. The lowest BCUT2D eigenvalue weighted by molar-refractivity contribution is -0.143. The first-order valence-corrected chi connectivity index (χ1v) is 10.1. The summed E-state index contributed by atoms with van der Waals surface area (Å²) in [6.45, 7) is 4.80. The molecule has 5 heteroatoms. The number of hydrogen-bond acceptors (Lipinski definition) is 4. The van der Waals surface area contributed by atoms with Gasteiger partial charge in [0, 0.05) is 28.4 Å². The van der Waals surface area contributed by atoms with Crippen molar-refractivity contribution in [1.29, 1.82) is 0 Å². The number of piperidine rings is 1. The molecule has 2 aromatic heterocycles. The lowest BCUT2D eigenvalue weighted by atomic mass is 9.98. The highest BCUT2D eigenvalue weighted by atomic mass is 32.1. The predicted octanol–water partition coefficient (Wildman–Crippen LogP) is 4.74. The summed E-state index contributed by atoms with van der Waals surface area (Å²) in [6.07, 6.45) is 5.09. The van der Waals surface area contributed by atoms with Gasteiger partial charge in [-0.15, -0.1) is 22.7 Å². The molecule has 0 bridgehead atoms. The molecular formula is C19H23NO2S2. The van der Waals surface area contributed by atoms with Crippen molar-refractivity contribution in [3.05, 3.63) is 50.4 Å². The van der Waals surface area contributed by atoms with Crippen LogP contribution < -0.4 is 0 Å². The van der Waals surface area contributed by atoms with Gasteiger partial charge in [0.25, 0.3) is 0 Å². The quantitative estimate of drug-likeness (QED) is 0.808. The van der Waals surface area contributed by atoms with Gasteiger partial charge in [0.15, 0.2) is 0 Å². The van der Waals surface area contributed by atoms with Crippen molar-refractivity contribution in [3.8, 4) is 0 Å². The van der Waals surface area contributed by atoms with Crippen LogP contribution in [0.3, 0.4) is 0 Å². The summed E-state index contributed by atoms with van der Waals surface area (Å²) >= 11 is 3.57. The van der Waals surface area contributed by atoms with Crippen molar-refractivity contribution in [2.75, 3.05) is 19.6 Å². The van der Waals surface area contributed by atoms with E-state index in [1.807, 2.05) is 0 Å². The summed E-state index contributed by atoms with van der Waals surface area (Å²) in [6, 6.07) is 6.44. The molecule has 0 radical (unpaired) electrons. The smallest absolute Gasteiger partial charge is 0.307 e. The number of thiophene rings is 2. The van der Waals surface area contributed by atoms with Crippen LogP contribution in [0.25, 0.3) is 5.57 Å². The number of rotatable bonds is 6. The van der Waals surface area contributed by atoms with Crippen LogP contribution >= 0.6 is 22.7 Å². The number of hydrogen-bond donors (Lipinski definition) is 1. The molecule has 1 saturated heterocycles. The lowest BCUT2D eigenvalue weighted by Crippen LogP contribution is -2.39. The average molecular weight is 362 g/mol. The van der Waals surface area contributed by atoms with Gasteiger partial charge in [0.05, 0.1) is 5.92 Å². The molecule has 0 spiro atoms. The van der Waals surface area contributed by atoms with Gasteiger partial charge in [0.1, 0.15) is 0 Å². The SMILES string of the molecule is Cc1ccsc1/C(=C/CCN1CCC[C@@H](C(=O)O)C1)c1cccs1. The van der Waals surface area contributed by atoms with Gasteiger partial charge in [-0.1, -0.05) is 12.1 Å². The van der Waals surface area contributed by atoms with E-state index in [-0.39, 0.29) is 5.92 Å². The highest BCUT2D eigenvalue weighted by Gasteiger charge is 2.24. The number of nitrogens with zero attached hydrogens (tertiary/aromatic N) is 1. The first-order chi connectivity index (χ1) is 11.6. The fraction of sp³-hybridized carbons (Fsp3) is 0.421. The fourth-order valence-corrected chi connectivity index (χ4v) is 5.06. The van der Waals surface area contributed by atoms with E-state index >= 15 is 0 Å². The summed E-state index contributed by atoms with van der Waals surface area (Å²) < 4.78 is 0. The van der Waals surface area contributed by atoms with E-state index < -0.39 is 5.97 Å². The summed E-state index contributed by atoms with van der Waals surface area (Å²) in [4.78, 5) is 16.1. The standard InChI is InChI=1S/C19H23NO2S2/c1-14-8-12-24-18(14)16(17-7-4-11-23-17)6-3-10-20-9-2-5-15(13-20)19(21)22/h4,6-8,11-12,15H,2-3,5,9-10,13H2,1H3,(H,21,22)/b16-6+/t15-/m1/s1. The van der Waals surface area contributed by atoms with Crippen molar-refractivity contribution in [1.82, 2.24) is 4.90 Å². The second-order valence-electron chi connectivity index (χ2n) is 6.29. The summed E-state index contributed by atoms with van der Waals surface area (Å²) in [5.41, 5.74) is 2.65. The van der Waals surface area contributed by atoms with Crippen molar-refractivity contribution in [3.63, 3.8) is 0 Å². The monoisotopic (exact) mass is 361 g/mol. The van der Waals surface area contributed by atoms with E-state index in [1.54, 1.807) is 22.7 Å². The van der Waals surface area contributed by atoms with Crippen molar-refractivity contribution in [2.45, 2.75) is 26.2 Å². The second kappa shape index (κ2) is 8.10. The minimum absolute atomic E-state index is 0.195. The van der Waals surface area contributed by atoms with Crippen LogP contribution in [-0.2, 0) is 4.79 Å². The molecule has 0 aromatic carbocycles. The topological polar surface area (TPSA) is 40.5 Å². The summed E-state index contributed by atoms with van der Waals surface area (Å²) in [5, 5.41) is 13.5. The number of carboxylic acids is 1. The Hall–Kier alpha value is -1.43. The number of aryl methyl sites for hydroxylation is 1. The van der Waals surface area contributed by atoms with Crippen LogP contribution in [0.1, 0.15) is 34.6 Å². The molecule has 0 aliphatic carbocycles.